The Kier molecular flexibility index (Phi) is 4.69. The van der Waals surface area contributed by atoms with Gasteiger partial charge in [-0.15, -0.1) is 0 Å². The number of ether oxygens (including phenoxy) is 1. The zero-order chi connectivity index (χ0) is 13.8. The summed E-state index contributed by atoms with van der Waals surface area (Å²) in [5.41, 5.74) is 1.06. The second-order valence-electron chi connectivity index (χ2n) is 5.21. The van der Waals surface area contributed by atoms with E-state index in [1.54, 1.807) is 6.92 Å². The maximum absolute atomic E-state index is 12.0. The van der Waals surface area contributed by atoms with Gasteiger partial charge in [0.05, 0.1) is 12.6 Å². The summed E-state index contributed by atoms with van der Waals surface area (Å²) in [6.07, 6.45) is 0.0549. The second kappa shape index (κ2) is 6.28. The SMILES string of the molecule is CC(=O)C(c1ccccc1)N1CCOC(N(C)C)C1. The van der Waals surface area contributed by atoms with Crippen molar-refractivity contribution < 1.29 is 9.53 Å². The Morgan fingerprint density at radius 3 is 2.63 bits per heavy atom. The number of hydrogen-bond acceptors (Lipinski definition) is 4. The standard InChI is InChI=1S/C15H22N2O2/c1-12(18)15(13-7-5-4-6-8-13)17-9-10-19-14(11-17)16(2)3/h4-8,14-15H,9-11H2,1-3H3. The van der Waals surface area contributed by atoms with Gasteiger partial charge in [0, 0.05) is 13.1 Å². The van der Waals surface area contributed by atoms with E-state index < -0.39 is 0 Å². The van der Waals surface area contributed by atoms with E-state index in [-0.39, 0.29) is 18.1 Å². The maximum Gasteiger partial charge on any atom is 0.151 e. The molecule has 0 saturated carbocycles. The highest BCUT2D eigenvalue weighted by Gasteiger charge is 2.30. The summed E-state index contributed by atoms with van der Waals surface area (Å²) < 4.78 is 5.71. The monoisotopic (exact) mass is 262 g/mol. The Labute approximate surface area is 115 Å². The highest BCUT2D eigenvalue weighted by molar-refractivity contribution is 5.82. The largest absolute Gasteiger partial charge is 0.360 e. The van der Waals surface area contributed by atoms with Crippen molar-refractivity contribution >= 4 is 5.78 Å². The zero-order valence-corrected chi connectivity index (χ0v) is 11.9. The van der Waals surface area contributed by atoms with Crippen LogP contribution >= 0.6 is 0 Å². The third kappa shape index (κ3) is 3.41. The van der Waals surface area contributed by atoms with Crippen LogP contribution in [0.3, 0.4) is 0 Å². The number of benzene rings is 1. The van der Waals surface area contributed by atoms with Crippen LogP contribution < -0.4 is 0 Å². The van der Waals surface area contributed by atoms with Gasteiger partial charge in [0.2, 0.25) is 0 Å². The third-order valence-electron chi connectivity index (χ3n) is 3.52. The first-order valence-corrected chi connectivity index (χ1v) is 6.67. The molecule has 2 rings (SSSR count). The van der Waals surface area contributed by atoms with Gasteiger partial charge in [0.15, 0.2) is 5.78 Å². The van der Waals surface area contributed by atoms with E-state index >= 15 is 0 Å². The normalized spacial score (nSPS) is 22.4. The third-order valence-corrected chi connectivity index (χ3v) is 3.52. The molecule has 1 aromatic carbocycles. The van der Waals surface area contributed by atoms with Crippen LogP contribution in [0.5, 0.6) is 0 Å². The Hall–Kier alpha value is -1.23. The molecule has 0 radical (unpaired) electrons. The molecule has 1 fully saturated rings. The van der Waals surface area contributed by atoms with E-state index in [1.807, 2.05) is 49.3 Å². The molecule has 0 aromatic heterocycles. The van der Waals surface area contributed by atoms with Crippen LogP contribution in [0.1, 0.15) is 18.5 Å². The van der Waals surface area contributed by atoms with Crippen molar-refractivity contribution in [1.82, 2.24) is 9.80 Å². The first-order valence-electron chi connectivity index (χ1n) is 6.67. The fraction of sp³-hybridized carbons (Fsp3) is 0.533. The predicted octanol–water partition coefficient (Wildman–Crippen LogP) is 1.54. The molecular weight excluding hydrogens is 240 g/mol. The molecule has 4 nitrogen and oxygen atoms in total. The Morgan fingerprint density at radius 1 is 1.37 bits per heavy atom. The van der Waals surface area contributed by atoms with Crippen molar-refractivity contribution in [2.45, 2.75) is 19.2 Å². The first kappa shape index (κ1) is 14.2. The summed E-state index contributed by atoms with van der Waals surface area (Å²) >= 11 is 0. The van der Waals surface area contributed by atoms with Crippen molar-refractivity contribution in [3.63, 3.8) is 0 Å². The van der Waals surface area contributed by atoms with E-state index in [4.69, 9.17) is 4.74 Å². The van der Waals surface area contributed by atoms with Gasteiger partial charge in [-0.2, -0.15) is 0 Å². The van der Waals surface area contributed by atoms with Gasteiger partial charge in [0.25, 0.3) is 0 Å². The van der Waals surface area contributed by atoms with Gasteiger partial charge < -0.3 is 4.74 Å². The molecule has 0 N–H and O–H groups in total. The Balaban J connectivity index is 2.18. The maximum atomic E-state index is 12.0. The summed E-state index contributed by atoms with van der Waals surface area (Å²) in [6, 6.07) is 9.82. The van der Waals surface area contributed by atoms with Gasteiger partial charge >= 0.3 is 0 Å². The van der Waals surface area contributed by atoms with Gasteiger partial charge in [-0.3, -0.25) is 14.6 Å². The number of carbonyl (C=O) groups excluding carboxylic acids is 1. The number of nitrogens with zero attached hydrogens (tertiary/aromatic N) is 2. The number of morpholine rings is 1. The number of hydrogen-bond donors (Lipinski definition) is 0. The summed E-state index contributed by atoms with van der Waals surface area (Å²) in [6.45, 7) is 3.88. The fourth-order valence-electron chi connectivity index (χ4n) is 2.54. The first-order chi connectivity index (χ1) is 9.09. The van der Waals surface area contributed by atoms with Crippen LogP contribution in [-0.4, -0.2) is 55.6 Å². The van der Waals surface area contributed by atoms with Crippen molar-refractivity contribution in [2.24, 2.45) is 0 Å². The van der Waals surface area contributed by atoms with Crippen LogP contribution in [0, 0.1) is 0 Å². The lowest BCUT2D eigenvalue weighted by Gasteiger charge is -2.39. The molecule has 0 spiro atoms. The molecule has 2 atom stereocenters. The average molecular weight is 262 g/mol. The minimum atomic E-state index is -0.160. The lowest BCUT2D eigenvalue weighted by Crippen LogP contribution is -2.50. The number of likely N-dealkylation sites (N-methyl/N-ethyl adjacent to an activating group) is 1. The number of ketones is 1. The number of Topliss-reactive ketones (excluding diaryl/α,β-unsaturated/α-hetero) is 1. The van der Waals surface area contributed by atoms with Crippen molar-refractivity contribution in [2.75, 3.05) is 33.8 Å². The van der Waals surface area contributed by atoms with Crippen LogP contribution in [0.15, 0.2) is 30.3 Å². The molecule has 104 valence electrons. The molecular formula is C15H22N2O2. The molecule has 0 bridgehead atoms. The molecule has 4 heteroatoms. The highest BCUT2D eigenvalue weighted by Crippen LogP contribution is 2.24. The smallest absolute Gasteiger partial charge is 0.151 e. The molecule has 1 heterocycles. The number of rotatable bonds is 4. The fourth-order valence-corrected chi connectivity index (χ4v) is 2.54. The van der Waals surface area contributed by atoms with Crippen LogP contribution in [0.25, 0.3) is 0 Å². The Bertz CT molecular complexity index is 419. The van der Waals surface area contributed by atoms with Gasteiger partial charge in [-0.05, 0) is 26.6 Å². The van der Waals surface area contributed by atoms with Gasteiger partial charge in [0.1, 0.15) is 6.23 Å². The topological polar surface area (TPSA) is 32.8 Å². The highest BCUT2D eigenvalue weighted by atomic mass is 16.5. The molecule has 2 unspecified atom stereocenters. The molecule has 1 aliphatic heterocycles. The molecule has 1 saturated heterocycles. The lowest BCUT2D eigenvalue weighted by atomic mass is 10.0. The van der Waals surface area contributed by atoms with E-state index in [2.05, 4.69) is 4.90 Å². The van der Waals surface area contributed by atoms with Crippen LogP contribution in [0.2, 0.25) is 0 Å². The van der Waals surface area contributed by atoms with Crippen LogP contribution in [0.4, 0.5) is 0 Å². The van der Waals surface area contributed by atoms with E-state index in [9.17, 15) is 4.79 Å². The summed E-state index contributed by atoms with van der Waals surface area (Å²) in [5.74, 6) is 0.186. The van der Waals surface area contributed by atoms with E-state index in [1.165, 1.54) is 0 Å². The lowest BCUT2D eigenvalue weighted by molar-refractivity contribution is -0.132. The predicted molar refractivity (Wildman–Crippen MR) is 74.9 cm³/mol. The van der Waals surface area contributed by atoms with Crippen molar-refractivity contribution in [3.8, 4) is 0 Å². The molecule has 1 aliphatic rings. The van der Waals surface area contributed by atoms with Gasteiger partial charge in [-0.1, -0.05) is 30.3 Å². The molecule has 0 amide bonds. The van der Waals surface area contributed by atoms with E-state index in [0.29, 0.717) is 6.61 Å². The van der Waals surface area contributed by atoms with Crippen LogP contribution in [-0.2, 0) is 9.53 Å². The van der Waals surface area contributed by atoms with Crippen molar-refractivity contribution in [3.05, 3.63) is 35.9 Å². The van der Waals surface area contributed by atoms with Gasteiger partial charge in [-0.25, -0.2) is 0 Å². The average Bonchev–Trinajstić information content (AvgIpc) is 2.40. The summed E-state index contributed by atoms with van der Waals surface area (Å²) in [7, 11) is 4.00. The minimum absolute atomic E-state index is 0.0549. The summed E-state index contributed by atoms with van der Waals surface area (Å²) in [4.78, 5) is 16.3. The number of carbonyl (C=O) groups is 1. The quantitative estimate of drug-likeness (QED) is 0.824. The molecule has 0 aliphatic carbocycles. The summed E-state index contributed by atoms with van der Waals surface area (Å²) in [5, 5.41) is 0. The molecule has 1 aromatic rings. The van der Waals surface area contributed by atoms with E-state index in [0.717, 1.165) is 18.7 Å². The zero-order valence-electron chi connectivity index (χ0n) is 11.9. The second-order valence-corrected chi connectivity index (χ2v) is 5.21. The Morgan fingerprint density at radius 2 is 2.05 bits per heavy atom. The van der Waals surface area contributed by atoms with Crippen molar-refractivity contribution in [1.29, 1.82) is 0 Å². The molecule has 19 heavy (non-hydrogen) atoms. The minimum Gasteiger partial charge on any atom is -0.360 e.